The Kier molecular flexibility index (Phi) is 4.04. The molecule has 0 spiro atoms. The highest BCUT2D eigenvalue weighted by atomic mass is 32.2. The summed E-state index contributed by atoms with van der Waals surface area (Å²) >= 11 is 4.24. The van der Waals surface area contributed by atoms with Crippen LogP contribution in [-0.4, -0.2) is 16.1 Å². The van der Waals surface area contributed by atoms with Crippen molar-refractivity contribution in [3.05, 3.63) is 12.2 Å². The molecule has 0 amide bonds. The van der Waals surface area contributed by atoms with E-state index in [4.69, 9.17) is 0 Å². The molecular weight excluding hydrogens is 184 g/mol. The average Bonchev–Trinajstić information content (AvgIpc) is 2.06. The Morgan fingerprint density at radius 1 is 1.25 bits per heavy atom. The van der Waals surface area contributed by atoms with Crippen LogP contribution in [0.5, 0.6) is 0 Å². The summed E-state index contributed by atoms with van der Waals surface area (Å²) in [6, 6.07) is 0. The van der Waals surface area contributed by atoms with Crippen molar-refractivity contribution in [1.82, 2.24) is 0 Å². The fourth-order valence-electron chi connectivity index (χ4n) is 1.43. The first kappa shape index (κ1) is 10.5. The maximum absolute atomic E-state index is 2.34. The van der Waals surface area contributed by atoms with Gasteiger partial charge in [0, 0.05) is 5.41 Å². The van der Waals surface area contributed by atoms with Crippen LogP contribution < -0.4 is 0 Å². The number of rotatable bonds is 2. The summed E-state index contributed by atoms with van der Waals surface area (Å²) in [6.07, 6.45) is 5.90. The van der Waals surface area contributed by atoms with E-state index in [0.29, 0.717) is 5.41 Å². The maximum Gasteiger partial charge on any atom is 0.0587 e. The fourth-order valence-corrected chi connectivity index (χ4v) is 4.64. The molecule has 0 N–H and O–H groups in total. The zero-order valence-corrected chi connectivity index (χ0v) is 9.80. The lowest BCUT2D eigenvalue weighted by Crippen LogP contribution is -2.24. The average molecular weight is 202 g/mol. The summed E-state index contributed by atoms with van der Waals surface area (Å²) < 4.78 is 0.766. The maximum atomic E-state index is 2.34. The van der Waals surface area contributed by atoms with Gasteiger partial charge in [0.05, 0.1) is 4.58 Å². The van der Waals surface area contributed by atoms with E-state index in [2.05, 4.69) is 56.4 Å². The first-order chi connectivity index (χ1) is 5.67. The monoisotopic (exact) mass is 202 g/mol. The lowest BCUT2D eigenvalue weighted by Gasteiger charge is -2.33. The lowest BCUT2D eigenvalue weighted by atomic mass is 9.96. The van der Waals surface area contributed by atoms with Gasteiger partial charge in [0.1, 0.15) is 0 Å². The fraction of sp³-hybridized carbons (Fsp3) is 0.800. The molecule has 0 bridgehead atoms. The highest BCUT2D eigenvalue weighted by Gasteiger charge is 2.29. The first-order valence-corrected chi connectivity index (χ1v) is 6.63. The van der Waals surface area contributed by atoms with Crippen LogP contribution in [0.25, 0.3) is 0 Å². The second-order valence-electron chi connectivity index (χ2n) is 3.75. The van der Waals surface area contributed by atoms with Crippen LogP contribution in [0.2, 0.25) is 0 Å². The topological polar surface area (TPSA) is 0 Å². The molecule has 1 saturated heterocycles. The van der Waals surface area contributed by atoms with Gasteiger partial charge in [-0.2, -0.15) is 0 Å². The summed E-state index contributed by atoms with van der Waals surface area (Å²) in [6.45, 7) is 6.78. The number of hydrogen-bond acceptors (Lipinski definition) is 2. The van der Waals surface area contributed by atoms with Gasteiger partial charge in [0.15, 0.2) is 0 Å². The standard InChI is InChI=1S/C10H18S2/c1-4-6-10(2,3)9-11-7-5-8-12-9/h4,6,9H,5,7-8H2,1-3H3. The number of allylic oxidation sites excluding steroid dienone is 2. The molecule has 1 heterocycles. The molecule has 70 valence electrons. The van der Waals surface area contributed by atoms with Crippen LogP contribution in [0.1, 0.15) is 27.2 Å². The third-order valence-electron chi connectivity index (χ3n) is 2.03. The van der Waals surface area contributed by atoms with Crippen LogP contribution in [0.4, 0.5) is 0 Å². The molecule has 1 aliphatic heterocycles. The summed E-state index contributed by atoms with van der Waals surface area (Å²) in [5.74, 6) is 2.69. The summed E-state index contributed by atoms with van der Waals surface area (Å²) in [5.41, 5.74) is 0.366. The molecule has 0 atom stereocenters. The zero-order chi connectivity index (χ0) is 9.03. The van der Waals surface area contributed by atoms with E-state index in [1.807, 2.05) is 0 Å². The van der Waals surface area contributed by atoms with Crippen LogP contribution in [-0.2, 0) is 0 Å². The van der Waals surface area contributed by atoms with Gasteiger partial charge in [-0.25, -0.2) is 0 Å². The van der Waals surface area contributed by atoms with Gasteiger partial charge >= 0.3 is 0 Å². The Morgan fingerprint density at radius 3 is 2.33 bits per heavy atom. The third-order valence-corrected chi connectivity index (χ3v) is 5.72. The van der Waals surface area contributed by atoms with Gasteiger partial charge in [0.25, 0.3) is 0 Å². The van der Waals surface area contributed by atoms with Crippen LogP contribution in [0, 0.1) is 5.41 Å². The molecule has 1 aliphatic rings. The number of thioether (sulfide) groups is 2. The smallest absolute Gasteiger partial charge is 0.0587 e. The molecule has 0 nitrogen and oxygen atoms in total. The molecule has 1 rings (SSSR count). The molecule has 0 aliphatic carbocycles. The van der Waals surface area contributed by atoms with Gasteiger partial charge in [-0.15, -0.1) is 23.5 Å². The van der Waals surface area contributed by atoms with E-state index in [-0.39, 0.29) is 0 Å². The van der Waals surface area contributed by atoms with Crippen molar-refractivity contribution in [1.29, 1.82) is 0 Å². The molecule has 0 aromatic carbocycles. The van der Waals surface area contributed by atoms with E-state index < -0.39 is 0 Å². The first-order valence-electron chi connectivity index (χ1n) is 4.54. The van der Waals surface area contributed by atoms with E-state index >= 15 is 0 Å². The van der Waals surface area contributed by atoms with Crippen LogP contribution in [0.3, 0.4) is 0 Å². The van der Waals surface area contributed by atoms with Crippen molar-refractivity contribution in [3.63, 3.8) is 0 Å². The second-order valence-corrected chi connectivity index (χ2v) is 6.47. The molecule has 0 aromatic heterocycles. The molecule has 2 heteroatoms. The highest BCUT2D eigenvalue weighted by molar-refractivity contribution is 8.17. The molecule has 0 radical (unpaired) electrons. The normalized spacial score (nSPS) is 21.9. The molecule has 0 unspecified atom stereocenters. The van der Waals surface area contributed by atoms with Crippen molar-refractivity contribution >= 4 is 23.5 Å². The Bertz CT molecular complexity index is 155. The highest BCUT2D eigenvalue weighted by Crippen LogP contribution is 2.43. The minimum Gasteiger partial charge on any atom is -0.147 e. The molecule has 0 saturated carbocycles. The quantitative estimate of drug-likeness (QED) is 0.625. The second kappa shape index (κ2) is 4.61. The van der Waals surface area contributed by atoms with Crippen molar-refractivity contribution in [2.45, 2.75) is 31.8 Å². The van der Waals surface area contributed by atoms with Gasteiger partial charge in [-0.1, -0.05) is 26.0 Å². The Balaban J connectivity index is 2.53. The SMILES string of the molecule is CC=CC(C)(C)C1SCCCS1. The van der Waals surface area contributed by atoms with Gasteiger partial charge in [0.2, 0.25) is 0 Å². The molecular formula is C10H18S2. The minimum absolute atomic E-state index is 0.366. The van der Waals surface area contributed by atoms with Crippen molar-refractivity contribution < 1.29 is 0 Å². The van der Waals surface area contributed by atoms with Crippen LogP contribution >= 0.6 is 23.5 Å². The predicted molar refractivity (Wildman–Crippen MR) is 61.9 cm³/mol. The van der Waals surface area contributed by atoms with E-state index in [0.717, 1.165) is 4.58 Å². The predicted octanol–water partition coefficient (Wildman–Crippen LogP) is 3.78. The van der Waals surface area contributed by atoms with E-state index in [1.165, 1.54) is 17.9 Å². The molecule has 12 heavy (non-hydrogen) atoms. The zero-order valence-electron chi connectivity index (χ0n) is 8.17. The minimum atomic E-state index is 0.366. The Morgan fingerprint density at radius 2 is 1.83 bits per heavy atom. The van der Waals surface area contributed by atoms with Crippen molar-refractivity contribution in [3.8, 4) is 0 Å². The Labute approximate surface area is 84.6 Å². The van der Waals surface area contributed by atoms with Gasteiger partial charge in [-0.3, -0.25) is 0 Å². The summed E-state index contributed by atoms with van der Waals surface area (Å²) in [7, 11) is 0. The Hall–Kier alpha value is 0.440. The van der Waals surface area contributed by atoms with Crippen LogP contribution in [0.15, 0.2) is 12.2 Å². The van der Waals surface area contributed by atoms with Gasteiger partial charge < -0.3 is 0 Å². The summed E-state index contributed by atoms with van der Waals surface area (Å²) in [4.78, 5) is 0. The molecule has 0 aromatic rings. The van der Waals surface area contributed by atoms with Crippen molar-refractivity contribution in [2.24, 2.45) is 5.41 Å². The largest absolute Gasteiger partial charge is 0.147 e. The van der Waals surface area contributed by atoms with Gasteiger partial charge in [-0.05, 0) is 24.9 Å². The third kappa shape index (κ3) is 2.74. The van der Waals surface area contributed by atoms with E-state index in [9.17, 15) is 0 Å². The molecule has 1 fully saturated rings. The van der Waals surface area contributed by atoms with Crippen molar-refractivity contribution in [2.75, 3.05) is 11.5 Å². The lowest BCUT2D eigenvalue weighted by molar-refractivity contribution is 0.530. The summed E-state index contributed by atoms with van der Waals surface area (Å²) in [5, 5.41) is 0. The van der Waals surface area contributed by atoms with E-state index in [1.54, 1.807) is 0 Å². The number of hydrogen-bond donors (Lipinski definition) is 0.